The molecule has 0 aromatic carbocycles. The number of rotatable bonds is 2. The SMILES string of the molecule is COC[C@H]1CCC[C@]2(C1)[C@@H]1CC[C@@H](C1)[C@H]2N. The van der Waals surface area contributed by atoms with Gasteiger partial charge >= 0.3 is 0 Å². The zero-order valence-corrected chi connectivity index (χ0v) is 10.5. The predicted octanol–water partition coefficient (Wildman–Crippen LogP) is 2.57. The van der Waals surface area contributed by atoms with E-state index >= 15 is 0 Å². The number of hydrogen-bond donors (Lipinski definition) is 1. The van der Waals surface area contributed by atoms with E-state index in [2.05, 4.69) is 0 Å². The lowest BCUT2D eigenvalue weighted by atomic mass is 9.60. The van der Waals surface area contributed by atoms with Crippen LogP contribution in [-0.2, 0) is 4.74 Å². The highest BCUT2D eigenvalue weighted by atomic mass is 16.5. The van der Waals surface area contributed by atoms with E-state index in [4.69, 9.17) is 10.5 Å². The van der Waals surface area contributed by atoms with Crippen LogP contribution in [0.25, 0.3) is 0 Å². The Kier molecular flexibility index (Phi) is 2.75. The largest absolute Gasteiger partial charge is 0.384 e. The van der Waals surface area contributed by atoms with E-state index < -0.39 is 0 Å². The molecule has 3 saturated carbocycles. The summed E-state index contributed by atoms with van der Waals surface area (Å²) in [4.78, 5) is 0. The van der Waals surface area contributed by atoms with Crippen LogP contribution in [0.15, 0.2) is 0 Å². The smallest absolute Gasteiger partial charge is 0.0490 e. The maximum atomic E-state index is 6.55. The van der Waals surface area contributed by atoms with Crippen LogP contribution in [-0.4, -0.2) is 19.8 Å². The molecule has 2 heteroatoms. The van der Waals surface area contributed by atoms with E-state index in [-0.39, 0.29) is 0 Å². The molecule has 3 aliphatic rings. The number of hydrogen-bond acceptors (Lipinski definition) is 2. The summed E-state index contributed by atoms with van der Waals surface area (Å²) in [6.45, 7) is 0.950. The van der Waals surface area contributed by atoms with E-state index in [1.54, 1.807) is 0 Å². The average Bonchev–Trinajstić information content (AvgIpc) is 2.84. The molecule has 1 spiro atoms. The topological polar surface area (TPSA) is 35.2 Å². The summed E-state index contributed by atoms with van der Waals surface area (Å²) in [5, 5.41) is 0. The highest BCUT2D eigenvalue weighted by Crippen LogP contribution is 2.61. The van der Waals surface area contributed by atoms with Gasteiger partial charge in [0.15, 0.2) is 0 Å². The lowest BCUT2D eigenvalue weighted by Crippen LogP contribution is -2.49. The first-order valence-electron chi connectivity index (χ1n) is 7.01. The van der Waals surface area contributed by atoms with Gasteiger partial charge in [-0.3, -0.25) is 0 Å². The maximum Gasteiger partial charge on any atom is 0.0490 e. The van der Waals surface area contributed by atoms with Crippen molar-refractivity contribution in [1.82, 2.24) is 0 Å². The molecule has 0 saturated heterocycles. The molecule has 0 aromatic heterocycles. The number of nitrogens with two attached hydrogens (primary N) is 1. The standard InChI is InChI=1S/C14H25NO/c1-16-9-10-3-2-6-14(8-10)12-5-4-11(7-12)13(14)15/h10-13H,2-9,15H2,1H3/t10-,11-,12+,13+,14-/m0/s1. The molecule has 16 heavy (non-hydrogen) atoms. The van der Waals surface area contributed by atoms with Gasteiger partial charge in [-0.15, -0.1) is 0 Å². The van der Waals surface area contributed by atoms with Gasteiger partial charge in [-0.2, -0.15) is 0 Å². The van der Waals surface area contributed by atoms with Crippen molar-refractivity contribution in [2.45, 2.75) is 51.0 Å². The van der Waals surface area contributed by atoms with Crippen molar-refractivity contribution >= 4 is 0 Å². The monoisotopic (exact) mass is 223 g/mol. The van der Waals surface area contributed by atoms with Gasteiger partial charge in [-0.25, -0.2) is 0 Å². The second kappa shape index (κ2) is 3.99. The quantitative estimate of drug-likeness (QED) is 0.781. The van der Waals surface area contributed by atoms with Gasteiger partial charge in [-0.1, -0.05) is 6.42 Å². The van der Waals surface area contributed by atoms with Crippen LogP contribution in [0.1, 0.15) is 44.9 Å². The van der Waals surface area contributed by atoms with Gasteiger partial charge in [0.25, 0.3) is 0 Å². The van der Waals surface area contributed by atoms with Crippen molar-refractivity contribution in [3.8, 4) is 0 Å². The minimum Gasteiger partial charge on any atom is -0.384 e. The van der Waals surface area contributed by atoms with Gasteiger partial charge in [0.1, 0.15) is 0 Å². The molecule has 0 aliphatic heterocycles. The highest BCUT2D eigenvalue weighted by molar-refractivity contribution is 5.10. The van der Waals surface area contributed by atoms with Crippen LogP contribution >= 0.6 is 0 Å². The molecule has 2 bridgehead atoms. The maximum absolute atomic E-state index is 6.55. The summed E-state index contributed by atoms with van der Waals surface area (Å²) in [5.41, 5.74) is 7.07. The first-order valence-corrected chi connectivity index (χ1v) is 7.01. The minimum atomic E-state index is 0.505. The first-order chi connectivity index (χ1) is 7.76. The van der Waals surface area contributed by atoms with Gasteiger partial charge in [0.05, 0.1) is 0 Å². The van der Waals surface area contributed by atoms with Crippen LogP contribution in [0.3, 0.4) is 0 Å². The summed E-state index contributed by atoms with van der Waals surface area (Å²) in [6.07, 6.45) is 9.78. The molecule has 0 heterocycles. The van der Waals surface area contributed by atoms with Crippen molar-refractivity contribution in [2.24, 2.45) is 28.9 Å². The van der Waals surface area contributed by atoms with Crippen LogP contribution in [0.5, 0.6) is 0 Å². The fourth-order valence-electron chi connectivity index (χ4n) is 5.12. The summed E-state index contributed by atoms with van der Waals surface area (Å²) >= 11 is 0. The Bertz CT molecular complexity index is 261. The van der Waals surface area contributed by atoms with Crippen LogP contribution < -0.4 is 5.73 Å². The zero-order valence-electron chi connectivity index (χ0n) is 10.5. The molecule has 92 valence electrons. The summed E-state index contributed by atoms with van der Waals surface area (Å²) in [6, 6.07) is 0.505. The molecule has 5 atom stereocenters. The number of ether oxygens (including phenoxy) is 1. The second-order valence-electron chi connectivity index (χ2n) is 6.45. The van der Waals surface area contributed by atoms with Crippen molar-refractivity contribution in [3.63, 3.8) is 0 Å². The lowest BCUT2D eigenvalue weighted by Gasteiger charge is -2.47. The van der Waals surface area contributed by atoms with E-state index in [0.717, 1.165) is 24.4 Å². The van der Waals surface area contributed by atoms with E-state index in [0.29, 0.717) is 11.5 Å². The molecular weight excluding hydrogens is 198 g/mol. The van der Waals surface area contributed by atoms with E-state index in [9.17, 15) is 0 Å². The molecule has 0 amide bonds. The predicted molar refractivity (Wildman–Crippen MR) is 65.1 cm³/mol. The summed E-state index contributed by atoms with van der Waals surface area (Å²) in [7, 11) is 1.84. The van der Waals surface area contributed by atoms with E-state index in [1.807, 2.05) is 7.11 Å². The minimum absolute atomic E-state index is 0.505. The Morgan fingerprint density at radius 1 is 1.31 bits per heavy atom. The van der Waals surface area contributed by atoms with Gasteiger partial charge in [-0.05, 0) is 61.7 Å². The van der Waals surface area contributed by atoms with Crippen molar-refractivity contribution in [2.75, 3.05) is 13.7 Å². The normalized spacial score (nSPS) is 51.4. The molecule has 3 fully saturated rings. The highest BCUT2D eigenvalue weighted by Gasteiger charge is 2.57. The Morgan fingerprint density at radius 3 is 2.88 bits per heavy atom. The molecule has 2 nitrogen and oxygen atoms in total. The van der Waals surface area contributed by atoms with Crippen molar-refractivity contribution < 1.29 is 4.74 Å². The number of fused-ring (bicyclic) bond motifs is 3. The second-order valence-corrected chi connectivity index (χ2v) is 6.45. The lowest BCUT2D eigenvalue weighted by molar-refractivity contribution is 0.0196. The Labute approximate surface area is 98.9 Å². The van der Waals surface area contributed by atoms with Gasteiger partial charge in [0.2, 0.25) is 0 Å². The average molecular weight is 223 g/mol. The van der Waals surface area contributed by atoms with Crippen molar-refractivity contribution in [3.05, 3.63) is 0 Å². The van der Waals surface area contributed by atoms with Crippen LogP contribution in [0, 0.1) is 23.2 Å². The number of methoxy groups -OCH3 is 1. The molecule has 0 radical (unpaired) electrons. The van der Waals surface area contributed by atoms with Gasteiger partial charge in [0, 0.05) is 19.8 Å². The first kappa shape index (κ1) is 11.0. The summed E-state index contributed by atoms with van der Waals surface area (Å²) < 4.78 is 5.36. The van der Waals surface area contributed by atoms with Crippen LogP contribution in [0.4, 0.5) is 0 Å². The molecule has 3 aliphatic carbocycles. The Balaban J connectivity index is 1.77. The molecule has 2 N–H and O–H groups in total. The fraction of sp³-hybridized carbons (Fsp3) is 1.00. The molecule has 0 unspecified atom stereocenters. The Hall–Kier alpha value is -0.0800. The van der Waals surface area contributed by atoms with E-state index in [1.165, 1.54) is 44.9 Å². The molecule has 0 aromatic rings. The van der Waals surface area contributed by atoms with Gasteiger partial charge < -0.3 is 10.5 Å². The Morgan fingerprint density at radius 2 is 2.19 bits per heavy atom. The third kappa shape index (κ3) is 1.46. The molecule has 3 rings (SSSR count). The van der Waals surface area contributed by atoms with Crippen LogP contribution in [0.2, 0.25) is 0 Å². The fourth-order valence-corrected chi connectivity index (χ4v) is 5.12. The van der Waals surface area contributed by atoms with Crippen molar-refractivity contribution in [1.29, 1.82) is 0 Å². The third-order valence-corrected chi connectivity index (χ3v) is 5.78. The molecular formula is C14H25NO. The third-order valence-electron chi connectivity index (χ3n) is 5.78. The zero-order chi connectivity index (χ0) is 11.2. The summed E-state index contributed by atoms with van der Waals surface area (Å²) in [5.74, 6) is 2.59.